The molecular weight excluding hydrogens is 354 g/mol. The van der Waals surface area contributed by atoms with E-state index in [1.54, 1.807) is 12.1 Å². The molecule has 1 amide bonds. The summed E-state index contributed by atoms with van der Waals surface area (Å²) in [5.41, 5.74) is 1.63. The third-order valence-corrected chi connectivity index (χ3v) is 4.95. The van der Waals surface area contributed by atoms with Gasteiger partial charge in [0.05, 0.1) is 12.1 Å². The third-order valence-electron chi connectivity index (χ3n) is 4.66. The number of carboxylic acid groups (broad SMARTS) is 1. The Hall–Kier alpha value is -2.53. The third kappa shape index (κ3) is 4.17. The van der Waals surface area contributed by atoms with Gasteiger partial charge in [-0.3, -0.25) is 4.79 Å². The molecule has 3 atom stereocenters. The second-order valence-electron chi connectivity index (χ2n) is 6.45. The van der Waals surface area contributed by atoms with Gasteiger partial charge in [0.25, 0.3) is 0 Å². The van der Waals surface area contributed by atoms with Crippen molar-refractivity contribution in [1.29, 1.82) is 0 Å². The number of benzene rings is 2. The Bertz CT molecular complexity index is 809. The lowest BCUT2D eigenvalue weighted by molar-refractivity contribution is -0.142. The summed E-state index contributed by atoms with van der Waals surface area (Å²) in [6, 6.07) is 13.6. The Balaban J connectivity index is 1.63. The highest BCUT2D eigenvalue weighted by atomic mass is 35.5. The van der Waals surface area contributed by atoms with E-state index >= 15 is 0 Å². The SMILES string of the molecule is COc1ccc(C(NC(=O)C[C@@H]2C[C@H]2c2ccccc2)C(=O)O)cc1Cl. The normalized spacial score (nSPS) is 19.5. The van der Waals surface area contributed by atoms with Crippen LogP contribution in [0.5, 0.6) is 5.75 Å². The first-order valence-electron chi connectivity index (χ1n) is 8.40. The van der Waals surface area contributed by atoms with Crippen molar-refractivity contribution in [2.45, 2.75) is 24.8 Å². The highest BCUT2D eigenvalue weighted by molar-refractivity contribution is 6.32. The minimum absolute atomic E-state index is 0.256. The number of carbonyl (C=O) groups is 2. The molecule has 1 aliphatic rings. The molecule has 2 N–H and O–H groups in total. The summed E-state index contributed by atoms with van der Waals surface area (Å²) < 4.78 is 5.07. The number of nitrogens with one attached hydrogen (secondary N) is 1. The van der Waals surface area contributed by atoms with Gasteiger partial charge >= 0.3 is 5.97 Å². The highest BCUT2D eigenvalue weighted by Gasteiger charge is 2.40. The molecule has 2 aromatic rings. The highest BCUT2D eigenvalue weighted by Crippen LogP contribution is 2.49. The number of amides is 1. The maximum Gasteiger partial charge on any atom is 0.330 e. The van der Waals surface area contributed by atoms with Crippen LogP contribution in [0.2, 0.25) is 5.02 Å². The smallest absolute Gasteiger partial charge is 0.330 e. The molecule has 0 aromatic heterocycles. The number of hydrogen-bond acceptors (Lipinski definition) is 3. The molecule has 1 fully saturated rings. The molecule has 2 aromatic carbocycles. The van der Waals surface area contributed by atoms with Gasteiger partial charge in [0, 0.05) is 6.42 Å². The quantitative estimate of drug-likeness (QED) is 0.774. The van der Waals surface area contributed by atoms with Crippen LogP contribution >= 0.6 is 11.6 Å². The zero-order valence-electron chi connectivity index (χ0n) is 14.3. The lowest BCUT2D eigenvalue weighted by Gasteiger charge is -2.16. The van der Waals surface area contributed by atoms with E-state index < -0.39 is 12.0 Å². The molecular formula is C20H20ClNO4. The van der Waals surface area contributed by atoms with E-state index in [1.165, 1.54) is 18.7 Å². The van der Waals surface area contributed by atoms with Crippen molar-refractivity contribution >= 4 is 23.5 Å². The average molecular weight is 374 g/mol. The molecule has 136 valence electrons. The molecule has 0 bridgehead atoms. The largest absolute Gasteiger partial charge is 0.495 e. The number of carboxylic acids is 1. The summed E-state index contributed by atoms with van der Waals surface area (Å²) in [4.78, 5) is 23.9. The van der Waals surface area contributed by atoms with Crippen LogP contribution in [0.3, 0.4) is 0 Å². The Morgan fingerprint density at radius 1 is 1.27 bits per heavy atom. The van der Waals surface area contributed by atoms with Crippen molar-refractivity contribution < 1.29 is 19.4 Å². The van der Waals surface area contributed by atoms with Crippen molar-refractivity contribution in [3.05, 3.63) is 64.7 Å². The summed E-state index contributed by atoms with van der Waals surface area (Å²) >= 11 is 6.07. The fraction of sp³-hybridized carbons (Fsp3) is 0.300. The average Bonchev–Trinajstić information content (AvgIpc) is 3.39. The minimum Gasteiger partial charge on any atom is -0.495 e. The van der Waals surface area contributed by atoms with E-state index in [4.69, 9.17) is 16.3 Å². The van der Waals surface area contributed by atoms with E-state index in [2.05, 4.69) is 17.4 Å². The van der Waals surface area contributed by atoms with Crippen molar-refractivity contribution in [1.82, 2.24) is 5.32 Å². The van der Waals surface area contributed by atoms with Gasteiger partial charge in [-0.1, -0.05) is 48.0 Å². The number of halogens is 1. The van der Waals surface area contributed by atoms with Gasteiger partial charge in [-0.2, -0.15) is 0 Å². The van der Waals surface area contributed by atoms with E-state index in [0.717, 1.165) is 6.42 Å². The van der Waals surface area contributed by atoms with Gasteiger partial charge < -0.3 is 15.2 Å². The fourth-order valence-electron chi connectivity index (χ4n) is 3.19. The Labute approximate surface area is 156 Å². The monoisotopic (exact) mass is 373 g/mol. The first kappa shape index (κ1) is 18.3. The van der Waals surface area contributed by atoms with Crippen LogP contribution in [-0.2, 0) is 9.59 Å². The Kier molecular flexibility index (Phi) is 5.47. The predicted octanol–water partition coefficient (Wildman–Crippen LogP) is 3.78. The molecule has 6 heteroatoms. The zero-order chi connectivity index (χ0) is 18.7. The van der Waals surface area contributed by atoms with Crippen LogP contribution in [0.1, 0.15) is 35.9 Å². The van der Waals surface area contributed by atoms with Crippen LogP contribution in [0.15, 0.2) is 48.5 Å². The molecule has 1 saturated carbocycles. The zero-order valence-corrected chi connectivity index (χ0v) is 15.1. The van der Waals surface area contributed by atoms with Crippen molar-refractivity contribution in [3.8, 4) is 5.75 Å². The summed E-state index contributed by atoms with van der Waals surface area (Å²) in [7, 11) is 1.48. The predicted molar refractivity (Wildman–Crippen MR) is 98.4 cm³/mol. The van der Waals surface area contributed by atoms with Crippen molar-refractivity contribution in [2.24, 2.45) is 5.92 Å². The summed E-state index contributed by atoms with van der Waals surface area (Å²) in [5, 5.41) is 12.4. The number of methoxy groups -OCH3 is 1. The number of ether oxygens (including phenoxy) is 1. The number of hydrogen-bond donors (Lipinski definition) is 2. The molecule has 1 aliphatic carbocycles. The Morgan fingerprint density at radius 2 is 2.00 bits per heavy atom. The molecule has 0 heterocycles. The van der Waals surface area contributed by atoms with E-state index in [-0.39, 0.29) is 11.8 Å². The van der Waals surface area contributed by atoms with Crippen LogP contribution in [0, 0.1) is 5.92 Å². The van der Waals surface area contributed by atoms with Gasteiger partial charge in [0.2, 0.25) is 5.91 Å². The molecule has 0 aliphatic heterocycles. The second-order valence-corrected chi connectivity index (χ2v) is 6.86. The van der Waals surface area contributed by atoms with Gasteiger partial charge in [-0.15, -0.1) is 0 Å². The van der Waals surface area contributed by atoms with E-state index in [1.807, 2.05) is 18.2 Å². The van der Waals surface area contributed by atoms with Gasteiger partial charge in [-0.25, -0.2) is 4.79 Å². The summed E-state index contributed by atoms with van der Waals surface area (Å²) in [6.45, 7) is 0. The van der Waals surface area contributed by atoms with Gasteiger partial charge in [0.15, 0.2) is 6.04 Å². The lowest BCUT2D eigenvalue weighted by atomic mass is 10.1. The fourth-order valence-corrected chi connectivity index (χ4v) is 3.46. The first-order valence-corrected chi connectivity index (χ1v) is 8.78. The maximum absolute atomic E-state index is 12.3. The lowest BCUT2D eigenvalue weighted by Crippen LogP contribution is -2.33. The van der Waals surface area contributed by atoms with E-state index in [9.17, 15) is 14.7 Å². The van der Waals surface area contributed by atoms with Crippen LogP contribution in [-0.4, -0.2) is 24.1 Å². The van der Waals surface area contributed by atoms with Crippen LogP contribution in [0.25, 0.3) is 0 Å². The molecule has 3 rings (SSSR count). The van der Waals surface area contributed by atoms with Gasteiger partial charge in [-0.05, 0) is 41.5 Å². The molecule has 0 spiro atoms. The first-order chi connectivity index (χ1) is 12.5. The minimum atomic E-state index is -1.14. The molecule has 5 nitrogen and oxygen atoms in total. The van der Waals surface area contributed by atoms with Crippen molar-refractivity contribution in [3.63, 3.8) is 0 Å². The van der Waals surface area contributed by atoms with Gasteiger partial charge in [0.1, 0.15) is 5.75 Å². The van der Waals surface area contributed by atoms with Crippen LogP contribution < -0.4 is 10.1 Å². The molecule has 0 saturated heterocycles. The molecule has 1 unspecified atom stereocenters. The van der Waals surface area contributed by atoms with Crippen LogP contribution in [0.4, 0.5) is 0 Å². The van der Waals surface area contributed by atoms with E-state index in [0.29, 0.717) is 28.7 Å². The Morgan fingerprint density at radius 3 is 2.62 bits per heavy atom. The summed E-state index contributed by atoms with van der Waals surface area (Å²) in [5.74, 6) is -0.315. The molecule has 0 radical (unpaired) electrons. The molecule has 26 heavy (non-hydrogen) atoms. The number of rotatable bonds is 7. The maximum atomic E-state index is 12.3. The number of carbonyl (C=O) groups excluding carboxylic acids is 1. The topological polar surface area (TPSA) is 75.6 Å². The summed E-state index contributed by atoms with van der Waals surface area (Å²) in [6.07, 6.45) is 1.26. The van der Waals surface area contributed by atoms with Crippen molar-refractivity contribution in [2.75, 3.05) is 7.11 Å². The second kappa shape index (κ2) is 7.79. The number of aliphatic carboxylic acids is 1. The standard InChI is InChI=1S/C20H20ClNO4/c1-26-17-8-7-13(10-16(17)21)19(20(24)25)22-18(23)11-14-9-15(14)12-5-3-2-4-6-12/h2-8,10,14-15,19H,9,11H2,1H3,(H,22,23)(H,24,25)/t14-,15-,19?/m0/s1.